The number of hydrogen-bond donors (Lipinski definition) is 0. The molecule has 0 aliphatic carbocycles. The van der Waals surface area contributed by atoms with Crippen molar-refractivity contribution in [3.05, 3.63) is 45.7 Å². The summed E-state index contributed by atoms with van der Waals surface area (Å²) in [6.45, 7) is 3.79. The van der Waals surface area contributed by atoms with E-state index in [0.717, 1.165) is 26.4 Å². The summed E-state index contributed by atoms with van der Waals surface area (Å²) in [5, 5.41) is 1.98. The third kappa shape index (κ3) is 1.57. The van der Waals surface area contributed by atoms with E-state index in [2.05, 4.69) is 22.0 Å². The maximum absolute atomic E-state index is 13.5. The summed E-state index contributed by atoms with van der Waals surface area (Å²) in [5.41, 5.74) is 3.15. The van der Waals surface area contributed by atoms with E-state index in [1.165, 1.54) is 6.07 Å². The normalized spacial score (nSPS) is 11.5. The minimum absolute atomic E-state index is 0.232. The minimum atomic E-state index is -0.232. The number of rotatable bonds is 0. The van der Waals surface area contributed by atoms with Crippen LogP contribution in [0.3, 0.4) is 0 Å². The van der Waals surface area contributed by atoms with E-state index < -0.39 is 0 Å². The first kappa shape index (κ1) is 10.8. The van der Waals surface area contributed by atoms with Crippen molar-refractivity contribution >= 4 is 37.9 Å². The molecule has 0 aliphatic heterocycles. The molecule has 86 valence electrons. The monoisotopic (exact) mass is 292 g/mol. The standard InChI is InChI=1S/C14H10BrFO/c1-7-3-10-9-5-8(2)12(16)6-13(9)17-14(10)11(15)4-7/h3-6H,1-2H3. The quantitative estimate of drug-likeness (QED) is 0.561. The van der Waals surface area contributed by atoms with Gasteiger partial charge in [0.25, 0.3) is 0 Å². The van der Waals surface area contributed by atoms with Crippen molar-refractivity contribution in [2.45, 2.75) is 13.8 Å². The molecule has 0 amide bonds. The van der Waals surface area contributed by atoms with Crippen LogP contribution in [0.25, 0.3) is 21.9 Å². The van der Waals surface area contributed by atoms with E-state index in [1.807, 2.05) is 19.1 Å². The lowest BCUT2D eigenvalue weighted by atomic mass is 10.1. The Kier molecular flexibility index (Phi) is 2.26. The Hall–Kier alpha value is -1.35. The third-order valence-electron chi connectivity index (χ3n) is 2.95. The van der Waals surface area contributed by atoms with Crippen LogP contribution < -0.4 is 0 Å². The van der Waals surface area contributed by atoms with E-state index in [4.69, 9.17) is 4.42 Å². The molecule has 0 unspecified atom stereocenters. The molecule has 0 fully saturated rings. The Labute approximate surface area is 106 Å². The summed E-state index contributed by atoms with van der Waals surface area (Å²) >= 11 is 3.48. The molecule has 1 heterocycles. The lowest BCUT2D eigenvalue weighted by molar-refractivity contribution is 0.610. The van der Waals surface area contributed by atoms with Crippen LogP contribution in [0.2, 0.25) is 0 Å². The molecule has 0 bridgehead atoms. The van der Waals surface area contributed by atoms with E-state index >= 15 is 0 Å². The highest BCUT2D eigenvalue weighted by molar-refractivity contribution is 9.10. The van der Waals surface area contributed by atoms with Gasteiger partial charge in [-0.25, -0.2) is 4.39 Å². The average molecular weight is 293 g/mol. The first-order chi connectivity index (χ1) is 8.06. The van der Waals surface area contributed by atoms with Crippen molar-refractivity contribution in [3.8, 4) is 0 Å². The van der Waals surface area contributed by atoms with E-state index in [1.54, 1.807) is 6.92 Å². The van der Waals surface area contributed by atoms with Crippen LogP contribution in [0.5, 0.6) is 0 Å². The predicted octanol–water partition coefficient (Wildman–Crippen LogP) is 5.10. The van der Waals surface area contributed by atoms with Crippen LogP contribution in [0, 0.1) is 19.7 Å². The summed E-state index contributed by atoms with van der Waals surface area (Å²) in [4.78, 5) is 0. The molecular formula is C14H10BrFO. The van der Waals surface area contributed by atoms with Gasteiger partial charge in [0, 0.05) is 16.8 Å². The molecule has 0 saturated carbocycles. The van der Waals surface area contributed by atoms with Gasteiger partial charge in [0.2, 0.25) is 0 Å². The van der Waals surface area contributed by atoms with Gasteiger partial charge in [-0.3, -0.25) is 0 Å². The first-order valence-electron chi connectivity index (χ1n) is 5.35. The van der Waals surface area contributed by atoms with Crippen LogP contribution in [0.4, 0.5) is 4.39 Å². The second-order valence-electron chi connectivity index (χ2n) is 4.32. The van der Waals surface area contributed by atoms with Crippen LogP contribution >= 0.6 is 15.9 Å². The lowest BCUT2D eigenvalue weighted by Gasteiger charge is -1.97. The highest BCUT2D eigenvalue weighted by atomic mass is 79.9. The fourth-order valence-electron chi connectivity index (χ4n) is 2.10. The number of halogens is 2. The Bertz CT molecular complexity index is 743. The first-order valence-corrected chi connectivity index (χ1v) is 6.14. The maximum Gasteiger partial charge on any atom is 0.149 e. The molecule has 0 radical (unpaired) electrons. The Morgan fingerprint density at radius 3 is 2.59 bits per heavy atom. The van der Waals surface area contributed by atoms with Gasteiger partial charge in [0.15, 0.2) is 0 Å². The van der Waals surface area contributed by atoms with Crippen LogP contribution in [-0.4, -0.2) is 0 Å². The molecule has 0 spiro atoms. The van der Waals surface area contributed by atoms with Gasteiger partial charge in [0.1, 0.15) is 17.0 Å². The lowest BCUT2D eigenvalue weighted by Crippen LogP contribution is -1.80. The fraction of sp³-hybridized carbons (Fsp3) is 0.143. The second-order valence-corrected chi connectivity index (χ2v) is 5.18. The van der Waals surface area contributed by atoms with Crippen molar-refractivity contribution in [2.24, 2.45) is 0 Å². The van der Waals surface area contributed by atoms with Gasteiger partial charge >= 0.3 is 0 Å². The Morgan fingerprint density at radius 2 is 1.82 bits per heavy atom. The summed E-state index contributed by atoms with van der Waals surface area (Å²) in [6.07, 6.45) is 0. The summed E-state index contributed by atoms with van der Waals surface area (Å²) in [5.74, 6) is -0.232. The Morgan fingerprint density at radius 1 is 1.06 bits per heavy atom. The zero-order chi connectivity index (χ0) is 12.2. The zero-order valence-electron chi connectivity index (χ0n) is 9.47. The van der Waals surface area contributed by atoms with Crippen molar-refractivity contribution < 1.29 is 8.81 Å². The molecule has 0 N–H and O–H groups in total. The maximum atomic E-state index is 13.5. The van der Waals surface area contributed by atoms with E-state index in [0.29, 0.717) is 11.1 Å². The molecular weight excluding hydrogens is 283 g/mol. The topological polar surface area (TPSA) is 13.1 Å². The molecule has 0 atom stereocenters. The molecule has 3 heteroatoms. The minimum Gasteiger partial charge on any atom is -0.455 e. The summed E-state index contributed by atoms with van der Waals surface area (Å²) < 4.78 is 20.1. The second kappa shape index (κ2) is 3.57. The van der Waals surface area contributed by atoms with Crippen LogP contribution in [-0.2, 0) is 0 Å². The van der Waals surface area contributed by atoms with Crippen molar-refractivity contribution in [3.63, 3.8) is 0 Å². The van der Waals surface area contributed by atoms with Gasteiger partial charge in [-0.2, -0.15) is 0 Å². The van der Waals surface area contributed by atoms with Gasteiger partial charge in [0.05, 0.1) is 4.47 Å². The van der Waals surface area contributed by atoms with Gasteiger partial charge in [-0.15, -0.1) is 0 Å². The third-order valence-corrected chi connectivity index (χ3v) is 3.54. The SMILES string of the molecule is Cc1cc(Br)c2oc3cc(F)c(C)cc3c2c1. The molecule has 1 aromatic heterocycles. The fourth-order valence-corrected chi connectivity index (χ4v) is 2.76. The number of furan rings is 1. The molecule has 2 aromatic carbocycles. The number of aryl methyl sites for hydroxylation is 2. The van der Waals surface area contributed by atoms with Crippen molar-refractivity contribution in [1.29, 1.82) is 0 Å². The van der Waals surface area contributed by atoms with Crippen LogP contribution in [0.15, 0.2) is 33.2 Å². The van der Waals surface area contributed by atoms with Gasteiger partial charge in [-0.05, 0) is 59.1 Å². The number of fused-ring (bicyclic) bond motifs is 3. The van der Waals surface area contributed by atoms with Crippen LogP contribution in [0.1, 0.15) is 11.1 Å². The van der Waals surface area contributed by atoms with Gasteiger partial charge in [-0.1, -0.05) is 0 Å². The highest BCUT2D eigenvalue weighted by Crippen LogP contribution is 2.35. The average Bonchev–Trinajstić information content (AvgIpc) is 2.58. The van der Waals surface area contributed by atoms with Crippen molar-refractivity contribution in [1.82, 2.24) is 0 Å². The number of hydrogen-bond acceptors (Lipinski definition) is 1. The molecule has 17 heavy (non-hydrogen) atoms. The summed E-state index contributed by atoms with van der Waals surface area (Å²) in [6, 6.07) is 7.34. The Balaban J connectivity index is 2.55. The molecule has 0 aliphatic rings. The molecule has 3 rings (SSSR count). The predicted molar refractivity (Wildman–Crippen MR) is 70.9 cm³/mol. The molecule has 1 nitrogen and oxygen atoms in total. The number of benzene rings is 2. The summed E-state index contributed by atoms with van der Waals surface area (Å²) in [7, 11) is 0. The molecule has 0 saturated heterocycles. The van der Waals surface area contributed by atoms with Gasteiger partial charge < -0.3 is 4.42 Å². The molecule has 3 aromatic rings. The zero-order valence-corrected chi connectivity index (χ0v) is 11.1. The smallest absolute Gasteiger partial charge is 0.149 e. The van der Waals surface area contributed by atoms with E-state index in [9.17, 15) is 4.39 Å². The highest BCUT2D eigenvalue weighted by Gasteiger charge is 2.12. The van der Waals surface area contributed by atoms with Crippen molar-refractivity contribution in [2.75, 3.05) is 0 Å². The largest absolute Gasteiger partial charge is 0.455 e. The van der Waals surface area contributed by atoms with E-state index in [-0.39, 0.29) is 5.82 Å².